The van der Waals surface area contributed by atoms with E-state index in [4.69, 9.17) is 4.74 Å². The molecule has 2 heterocycles. The van der Waals surface area contributed by atoms with Gasteiger partial charge in [0.1, 0.15) is 18.0 Å². The first kappa shape index (κ1) is 22.8. The normalized spacial score (nSPS) is 23.8. The molecule has 2 amide bonds. The SMILES string of the molecule is CC(=O)N(c1ccccc1)C1C(=O)N2CC(C)(C(=O)OCc3ccc([N+](=O)[O-])cc3)CS[C@H]12. The number of nitro groups is 1. The average molecular weight is 470 g/mol. The minimum absolute atomic E-state index is 0.0107. The van der Waals surface area contributed by atoms with E-state index >= 15 is 0 Å². The number of carbonyl (C=O) groups is 3. The van der Waals surface area contributed by atoms with E-state index in [2.05, 4.69) is 0 Å². The van der Waals surface area contributed by atoms with Gasteiger partial charge in [-0.25, -0.2) is 0 Å². The largest absolute Gasteiger partial charge is 0.460 e. The summed E-state index contributed by atoms with van der Waals surface area (Å²) in [6, 6.07) is 14.3. The zero-order valence-corrected chi connectivity index (χ0v) is 19.0. The van der Waals surface area contributed by atoms with Gasteiger partial charge in [-0.2, -0.15) is 0 Å². The van der Waals surface area contributed by atoms with Crippen molar-refractivity contribution in [2.45, 2.75) is 31.9 Å². The number of benzene rings is 2. The molecule has 10 heteroatoms. The molecule has 172 valence electrons. The van der Waals surface area contributed by atoms with Crippen molar-refractivity contribution in [2.75, 3.05) is 17.2 Å². The van der Waals surface area contributed by atoms with E-state index in [0.29, 0.717) is 17.0 Å². The number of anilines is 1. The van der Waals surface area contributed by atoms with E-state index in [1.165, 1.54) is 35.7 Å². The fourth-order valence-corrected chi connectivity index (χ4v) is 5.60. The summed E-state index contributed by atoms with van der Waals surface area (Å²) in [5.41, 5.74) is 0.377. The number of para-hydroxylation sites is 1. The third kappa shape index (κ3) is 4.30. The predicted octanol–water partition coefficient (Wildman–Crippen LogP) is 2.98. The quantitative estimate of drug-likeness (QED) is 0.277. The molecule has 33 heavy (non-hydrogen) atoms. The van der Waals surface area contributed by atoms with E-state index in [0.717, 1.165) is 0 Å². The standard InChI is InChI=1S/C23H23N3O6S/c1-15(27)25(17-6-4-3-5-7-17)19-20(28)24-13-23(2,14-33-21(19)24)22(29)32-12-16-8-10-18(11-9-16)26(30)31/h3-11,19,21H,12-14H2,1-2H3/t19?,21-,23?/m1/s1. The van der Waals surface area contributed by atoms with E-state index < -0.39 is 22.3 Å². The molecule has 2 fully saturated rings. The molecule has 2 saturated heterocycles. The Morgan fingerprint density at radius 2 is 1.88 bits per heavy atom. The number of amides is 2. The summed E-state index contributed by atoms with van der Waals surface area (Å²) in [5, 5.41) is 10.5. The van der Waals surface area contributed by atoms with Gasteiger partial charge in [0.05, 0.1) is 10.3 Å². The van der Waals surface area contributed by atoms with Crippen LogP contribution in [0.3, 0.4) is 0 Å². The number of esters is 1. The van der Waals surface area contributed by atoms with Crippen molar-refractivity contribution in [3.05, 3.63) is 70.3 Å². The summed E-state index contributed by atoms with van der Waals surface area (Å²) in [7, 11) is 0. The Labute approximate surface area is 194 Å². The monoisotopic (exact) mass is 469 g/mol. The lowest BCUT2D eigenvalue weighted by Crippen LogP contribution is -2.74. The second kappa shape index (κ2) is 8.86. The molecule has 3 atom stereocenters. The highest BCUT2D eigenvalue weighted by Gasteiger charge is 2.58. The van der Waals surface area contributed by atoms with Crippen molar-refractivity contribution in [1.82, 2.24) is 4.90 Å². The molecule has 2 aromatic rings. The lowest BCUT2D eigenvalue weighted by Gasteiger charge is -2.55. The zero-order chi connectivity index (χ0) is 23.8. The van der Waals surface area contributed by atoms with E-state index in [1.807, 2.05) is 18.2 Å². The fourth-order valence-electron chi connectivity index (χ4n) is 4.07. The highest BCUT2D eigenvalue weighted by atomic mass is 32.2. The first-order valence-corrected chi connectivity index (χ1v) is 11.4. The van der Waals surface area contributed by atoms with Gasteiger partial charge in [0.15, 0.2) is 0 Å². The number of nitrogens with zero attached hydrogens (tertiary/aromatic N) is 3. The molecule has 0 spiro atoms. The molecule has 2 unspecified atom stereocenters. The Bertz CT molecular complexity index is 1090. The topological polar surface area (TPSA) is 110 Å². The summed E-state index contributed by atoms with van der Waals surface area (Å²) >= 11 is 1.46. The first-order valence-electron chi connectivity index (χ1n) is 10.4. The number of carbonyl (C=O) groups excluding carboxylic acids is 3. The maximum absolute atomic E-state index is 13.0. The number of thioether (sulfide) groups is 1. The van der Waals surface area contributed by atoms with Crippen LogP contribution in [0.15, 0.2) is 54.6 Å². The van der Waals surface area contributed by atoms with Crippen LogP contribution in [0.1, 0.15) is 19.4 Å². The highest BCUT2D eigenvalue weighted by Crippen LogP contribution is 2.45. The molecule has 0 N–H and O–H groups in total. The van der Waals surface area contributed by atoms with Gasteiger partial charge in [0, 0.05) is 37.0 Å². The molecule has 0 aliphatic carbocycles. The summed E-state index contributed by atoms with van der Waals surface area (Å²) < 4.78 is 5.47. The number of rotatable bonds is 6. The van der Waals surface area contributed by atoms with Gasteiger partial charge in [-0.1, -0.05) is 18.2 Å². The fraction of sp³-hybridized carbons (Fsp3) is 0.348. The van der Waals surface area contributed by atoms with Crippen LogP contribution >= 0.6 is 11.8 Å². The van der Waals surface area contributed by atoms with Crippen LogP contribution in [0, 0.1) is 15.5 Å². The molecule has 0 aromatic heterocycles. The number of β-lactam (4-membered cyclic amide) rings is 1. The number of fused-ring (bicyclic) bond motifs is 1. The van der Waals surface area contributed by atoms with Crippen molar-refractivity contribution in [2.24, 2.45) is 5.41 Å². The van der Waals surface area contributed by atoms with E-state index in [1.54, 1.807) is 36.1 Å². The minimum atomic E-state index is -0.892. The van der Waals surface area contributed by atoms with Crippen molar-refractivity contribution >= 4 is 40.9 Å². The predicted molar refractivity (Wildman–Crippen MR) is 122 cm³/mol. The van der Waals surface area contributed by atoms with Gasteiger partial charge >= 0.3 is 5.97 Å². The molecule has 2 aliphatic rings. The summed E-state index contributed by atoms with van der Waals surface area (Å²) in [6.07, 6.45) is 0. The minimum Gasteiger partial charge on any atom is -0.460 e. The Morgan fingerprint density at radius 3 is 2.48 bits per heavy atom. The summed E-state index contributed by atoms with van der Waals surface area (Å²) in [6.45, 7) is 3.40. The van der Waals surface area contributed by atoms with Crippen LogP contribution in [0.5, 0.6) is 0 Å². The first-order chi connectivity index (χ1) is 15.7. The molecule has 4 rings (SSSR count). The van der Waals surface area contributed by atoms with Gasteiger partial charge in [-0.15, -0.1) is 11.8 Å². The Morgan fingerprint density at radius 1 is 1.21 bits per heavy atom. The van der Waals surface area contributed by atoms with Crippen LogP contribution in [-0.4, -0.2) is 51.3 Å². The Hall–Kier alpha value is -3.40. The lowest BCUT2D eigenvalue weighted by molar-refractivity contribution is -0.384. The zero-order valence-electron chi connectivity index (χ0n) is 18.2. The summed E-state index contributed by atoms with van der Waals surface area (Å²) in [5.74, 6) is -0.400. The maximum Gasteiger partial charge on any atom is 0.314 e. The van der Waals surface area contributed by atoms with Crippen LogP contribution < -0.4 is 4.90 Å². The van der Waals surface area contributed by atoms with E-state index in [9.17, 15) is 24.5 Å². The Kier molecular flexibility index (Phi) is 6.11. The third-order valence-corrected chi connectivity index (χ3v) is 7.52. The number of non-ortho nitro benzene ring substituents is 1. The van der Waals surface area contributed by atoms with Crippen LogP contribution in [0.25, 0.3) is 0 Å². The van der Waals surface area contributed by atoms with Crippen molar-refractivity contribution < 1.29 is 24.0 Å². The van der Waals surface area contributed by atoms with Gasteiger partial charge in [0.25, 0.3) is 5.69 Å². The molecule has 9 nitrogen and oxygen atoms in total. The molecule has 2 aliphatic heterocycles. The Balaban J connectivity index is 1.40. The highest BCUT2D eigenvalue weighted by molar-refractivity contribution is 8.00. The number of nitro benzene ring substituents is 1. The van der Waals surface area contributed by atoms with Crippen LogP contribution in [-0.2, 0) is 25.7 Å². The van der Waals surface area contributed by atoms with Gasteiger partial charge < -0.3 is 9.64 Å². The maximum atomic E-state index is 13.0. The number of hydrogen-bond donors (Lipinski definition) is 0. The average Bonchev–Trinajstić information content (AvgIpc) is 2.81. The molecule has 0 radical (unpaired) electrons. The van der Waals surface area contributed by atoms with Crippen molar-refractivity contribution in [3.8, 4) is 0 Å². The second-order valence-electron chi connectivity index (χ2n) is 8.40. The number of ether oxygens (including phenoxy) is 1. The molecular weight excluding hydrogens is 446 g/mol. The van der Waals surface area contributed by atoms with Gasteiger partial charge in [-0.3, -0.25) is 29.4 Å². The van der Waals surface area contributed by atoms with Crippen LogP contribution in [0.2, 0.25) is 0 Å². The molecule has 0 saturated carbocycles. The number of hydrogen-bond acceptors (Lipinski definition) is 7. The van der Waals surface area contributed by atoms with Gasteiger partial charge in [-0.05, 0) is 36.8 Å². The lowest BCUT2D eigenvalue weighted by atomic mass is 9.89. The van der Waals surface area contributed by atoms with Crippen LogP contribution in [0.4, 0.5) is 11.4 Å². The second-order valence-corrected chi connectivity index (χ2v) is 9.50. The van der Waals surface area contributed by atoms with Gasteiger partial charge in [0.2, 0.25) is 11.8 Å². The smallest absolute Gasteiger partial charge is 0.314 e. The molecule has 2 aromatic carbocycles. The summed E-state index contributed by atoms with van der Waals surface area (Å²) in [4.78, 5) is 51.6. The van der Waals surface area contributed by atoms with Crippen molar-refractivity contribution in [1.29, 1.82) is 0 Å². The molecule has 0 bridgehead atoms. The third-order valence-electron chi connectivity index (χ3n) is 5.87. The van der Waals surface area contributed by atoms with Crippen molar-refractivity contribution in [3.63, 3.8) is 0 Å². The van der Waals surface area contributed by atoms with E-state index in [-0.39, 0.29) is 36.0 Å². The molecular formula is C23H23N3O6S.